The first kappa shape index (κ1) is 11.2. The molecule has 1 aromatic carbocycles. The number of alkyl halides is 1. The molecule has 0 amide bonds. The van der Waals surface area contributed by atoms with Crippen molar-refractivity contribution >= 4 is 11.6 Å². The Morgan fingerprint density at radius 3 is 2.42 bits per heavy atom. The van der Waals surface area contributed by atoms with E-state index in [4.69, 9.17) is 11.6 Å². The quantitative estimate of drug-likeness (QED) is 0.563. The van der Waals surface area contributed by atoms with E-state index in [-0.39, 0.29) is 11.5 Å². The summed E-state index contributed by atoms with van der Waals surface area (Å²) in [5.74, 6) is 0. The highest BCUT2D eigenvalue weighted by molar-refractivity contribution is 6.20. The SMILES string of the molecule is C=CCC(Cl)c1ccccc1.N. The fourth-order valence-electron chi connectivity index (χ4n) is 0.944. The summed E-state index contributed by atoms with van der Waals surface area (Å²) in [5.41, 5.74) is 1.16. The molecule has 1 atom stereocenters. The molecule has 0 bridgehead atoms. The van der Waals surface area contributed by atoms with Crippen LogP contribution in [0.2, 0.25) is 0 Å². The molecule has 0 aliphatic heterocycles. The van der Waals surface area contributed by atoms with Crippen LogP contribution >= 0.6 is 11.6 Å². The summed E-state index contributed by atoms with van der Waals surface area (Å²) >= 11 is 6.04. The average Bonchev–Trinajstić information content (AvgIpc) is 2.07. The van der Waals surface area contributed by atoms with E-state index in [0.29, 0.717) is 0 Å². The van der Waals surface area contributed by atoms with Crippen LogP contribution in [0.1, 0.15) is 17.4 Å². The van der Waals surface area contributed by atoms with Gasteiger partial charge in [0.2, 0.25) is 0 Å². The van der Waals surface area contributed by atoms with E-state index < -0.39 is 0 Å². The molecule has 1 nitrogen and oxygen atoms in total. The summed E-state index contributed by atoms with van der Waals surface area (Å²) in [6.45, 7) is 3.64. The van der Waals surface area contributed by atoms with Gasteiger partial charge in [0, 0.05) is 0 Å². The Morgan fingerprint density at radius 2 is 1.92 bits per heavy atom. The Bertz CT molecular complexity index is 221. The Balaban J connectivity index is 0.00000121. The van der Waals surface area contributed by atoms with Crippen LogP contribution in [0.3, 0.4) is 0 Å². The maximum atomic E-state index is 6.04. The van der Waals surface area contributed by atoms with E-state index in [2.05, 4.69) is 6.58 Å². The van der Waals surface area contributed by atoms with Crippen LogP contribution in [-0.2, 0) is 0 Å². The van der Waals surface area contributed by atoms with Crippen LogP contribution in [0.5, 0.6) is 0 Å². The van der Waals surface area contributed by atoms with Crippen LogP contribution < -0.4 is 6.15 Å². The molecule has 2 heteroatoms. The third-order valence-corrected chi connectivity index (χ3v) is 1.97. The molecule has 1 unspecified atom stereocenters. The van der Waals surface area contributed by atoms with E-state index in [0.717, 1.165) is 12.0 Å². The molecule has 0 radical (unpaired) electrons. The predicted octanol–water partition coefficient (Wildman–Crippen LogP) is 3.70. The highest BCUT2D eigenvalue weighted by atomic mass is 35.5. The zero-order valence-electron chi connectivity index (χ0n) is 7.04. The fourth-order valence-corrected chi connectivity index (χ4v) is 1.22. The molecule has 0 heterocycles. The summed E-state index contributed by atoms with van der Waals surface area (Å²) in [5, 5.41) is 0.0775. The van der Waals surface area contributed by atoms with Gasteiger partial charge in [-0.1, -0.05) is 36.4 Å². The van der Waals surface area contributed by atoms with Crippen LogP contribution in [0.4, 0.5) is 0 Å². The highest BCUT2D eigenvalue weighted by Gasteiger charge is 2.02. The van der Waals surface area contributed by atoms with Crippen LogP contribution in [-0.4, -0.2) is 0 Å². The van der Waals surface area contributed by atoms with Gasteiger partial charge in [-0.15, -0.1) is 18.2 Å². The molecule has 0 saturated carbocycles. The van der Waals surface area contributed by atoms with E-state index in [9.17, 15) is 0 Å². The van der Waals surface area contributed by atoms with Gasteiger partial charge in [0.05, 0.1) is 5.38 Å². The van der Waals surface area contributed by atoms with E-state index >= 15 is 0 Å². The van der Waals surface area contributed by atoms with E-state index in [1.54, 1.807) is 0 Å². The van der Waals surface area contributed by atoms with Crippen molar-refractivity contribution < 1.29 is 0 Å². The molecular formula is C10H14ClN. The van der Waals surface area contributed by atoms with Crippen molar-refractivity contribution in [1.82, 2.24) is 6.15 Å². The number of benzene rings is 1. The lowest BCUT2D eigenvalue weighted by Gasteiger charge is -2.04. The maximum absolute atomic E-state index is 6.04. The smallest absolute Gasteiger partial charge is 0.0619 e. The van der Waals surface area contributed by atoms with Crippen molar-refractivity contribution in [3.63, 3.8) is 0 Å². The predicted molar refractivity (Wildman–Crippen MR) is 54.9 cm³/mol. The summed E-state index contributed by atoms with van der Waals surface area (Å²) in [6, 6.07) is 10.0. The average molecular weight is 184 g/mol. The maximum Gasteiger partial charge on any atom is 0.0619 e. The number of allylic oxidation sites excluding steroid dienone is 1. The molecule has 0 aliphatic carbocycles. The van der Waals surface area contributed by atoms with E-state index in [1.807, 2.05) is 36.4 Å². The van der Waals surface area contributed by atoms with Gasteiger partial charge < -0.3 is 6.15 Å². The van der Waals surface area contributed by atoms with Gasteiger partial charge in [-0.25, -0.2) is 0 Å². The van der Waals surface area contributed by atoms with Crippen molar-refractivity contribution in [2.24, 2.45) is 0 Å². The fraction of sp³-hybridized carbons (Fsp3) is 0.200. The lowest BCUT2D eigenvalue weighted by Crippen LogP contribution is -1.86. The minimum atomic E-state index is 0. The van der Waals surface area contributed by atoms with Crippen molar-refractivity contribution in [3.8, 4) is 0 Å². The van der Waals surface area contributed by atoms with Gasteiger partial charge in [0.1, 0.15) is 0 Å². The zero-order valence-corrected chi connectivity index (χ0v) is 7.80. The zero-order chi connectivity index (χ0) is 8.10. The van der Waals surface area contributed by atoms with Gasteiger partial charge in [0.15, 0.2) is 0 Å². The van der Waals surface area contributed by atoms with Gasteiger partial charge in [-0.3, -0.25) is 0 Å². The lowest BCUT2D eigenvalue weighted by molar-refractivity contribution is 0.959. The second kappa shape index (κ2) is 5.81. The summed E-state index contributed by atoms with van der Waals surface area (Å²) < 4.78 is 0. The molecule has 0 aromatic heterocycles. The van der Waals surface area contributed by atoms with Crippen LogP contribution in [0.15, 0.2) is 43.0 Å². The second-order valence-electron chi connectivity index (χ2n) is 2.40. The molecule has 0 fully saturated rings. The van der Waals surface area contributed by atoms with Crippen LogP contribution in [0.25, 0.3) is 0 Å². The first-order valence-electron chi connectivity index (χ1n) is 3.64. The summed E-state index contributed by atoms with van der Waals surface area (Å²) in [6.07, 6.45) is 2.66. The van der Waals surface area contributed by atoms with E-state index in [1.165, 1.54) is 0 Å². The Kier molecular flexibility index (Phi) is 5.43. The molecular weight excluding hydrogens is 170 g/mol. The lowest BCUT2D eigenvalue weighted by atomic mass is 10.1. The largest absolute Gasteiger partial charge is 0.344 e. The van der Waals surface area contributed by atoms with Crippen molar-refractivity contribution in [2.75, 3.05) is 0 Å². The number of rotatable bonds is 3. The first-order valence-corrected chi connectivity index (χ1v) is 4.08. The highest BCUT2D eigenvalue weighted by Crippen LogP contribution is 2.23. The van der Waals surface area contributed by atoms with Gasteiger partial charge in [-0.2, -0.15) is 0 Å². The summed E-state index contributed by atoms with van der Waals surface area (Å²) in [7, 11) is 0. The third kappa shape index (κ3) is 3.07. The van der Waals surface area contributed by atoms with Gasteiger partial charge in [-0.05, 0) is 12.0 Å². The molecule has 1 rings (SSSR count). The summed E-state index contributed by atoms with van der Waals surface area (Å²) in [4.78, 5) is 0. The minimum Gasteiger partial charge on any atom is -0.344 e. The molecule has 0 spiro atoms. The molecule has 66 valence electrons. The Labute approximate surface area is 78.6 Å². The third-order valence-electron chi connectivity index (χ3n) is 1.53. The Morgan fingerprint density at radius 1 is 1.33 bits per heavy atom. The topological polar surface area (TPSA) is 35.0 Å². The number of hydrogen-bond acceptors (Lipinski definition) is 1. The standard InChI is InChI=1S/C10H11Cl.H3N/c1-2-6-10(11)9-7-4-3-5-8-9;/h2-5,7-8,10H,1,6H2;1H3. The molecule has 0 aliphatic rings. The monoisotopic (exact) mass is 183 g/mol. The van der Waals surface area contributed by atoms with Crippen molar-refractivity contribution in [3.05, 3.63) is 48.6 Å². The Hall–Kier alpha value is -0.790. The van der Waals surface area contributed by atoms with Crippen molar-refractivity contribution in [2.45, 2.75) is 11.8 Å². The van der Waals surface area contributed by atoms with Gasteiger partial charge in [0.25, 0.3) is 0 Å². The van der Waals surface area contributed by atoms with Crippen molar-refractivity contribution in [1.29, 1.82) is 0 Å². The molecule has 12 heavy (non-hydrogen) atoms. The number of hydrogen-bond donors (Lipinski definition) is 1. The van der Waals surface area contributed by atoms with Crippen LogP contribution in [0, 0.1) is 0 Å². The molecule has 1 aromatic rings. The first-order chi connectivity index (χ1) is 5.34. The minimum absolute atomic E-state index is 0. The molecule has 3 N–H and O–H groups in total. The van der Waals surface area contributed by atoms with Gasteiger partial charge >= 0.3 is 0 Å². The number of halogens is 1. The second-order valence-corrected chi connectivity index (χ2v) is 2.93. The normalized spacial score (nSPS) is 11.4. The molecule has 0 saturated heterocycles.